The lowest BCUT2D eigenvalue weighted by Crippen LogP contribution is -2.15. The summed E-state index contributed by atoms with van der Waals surface area (Å²) in [5, 5.41) is 4.40. The second kappa shape index (κ2) is 9.08. The zero-order valence-electron chi connectivity index (χ0n) is 18.6. The minimum absolute atomic E-state index is 0.245. The first-order valence-corrected chi connectivity index (χ1v) is 12.8. The molecule has 7 heteroatoms. The van der Waals surface area contributed by atoms with Crippen LogP contribution in [0.2, 0.25) is 0 Å². The number of carbonyl (C=O) groups is 2. The highest BCUT2D eigenvalue weighted by Crippen LogP contribution is 2.39. The molecule has 0 fully saturated rings. The number of carbonyl (C=O) groups excluding carboxylic acids is 2. The van der Waals surface area contributed by atoms with Crippen molar-refractivity contribution in [2.75, 3.05) is 12.4 Å². The molecular formula is C26H24N2O3S2. The highest BCUT2D eigenvalue weighted by molar-refractivity contribution is 7.17. The number of pyridine rings is 1. The molecule has 0 aliphatic heterocycles. The van der Waals surface area contributed by atoms with Crippen LogP contribution in [0.3, 0.4) is 0 Å². The fourth-order valence-electron chi connectivity index (χ4n) is 4.34. The molecule has 0 unspecified atom stereocenters. The SMILES string of the molecule is CCc1ccc(-c2cc(C(=O)Nc3sc4c(c3C(=O)OC)CCCC4)c3ccccc3n2)s1. The molecule has 1 amide bonds. The van der Waals surface area contributed by atoms with E-state index in [1.807, 2.05) is 30.3 Å². The number of hydrogen-bond donors (Lipinski definition) is 1. The lowest BCUT2D eigenvalue weighted by atomic mass is 9.95. The van der Waals surface area contributed by atoms with Crippen LogP contribution in [0.25, 0.3) is 21.5 Å². The number of nitrogens with zero attached hydrogens (tertiary/aromatic N) is 1. The van der Waals surface area contributed by atoms with Crippen LogP contribution in [0.15, 0.2) is 42.5 Å². The number of hydrogen-bond acceptors (Lipinski definition) is 6. The van der Waals surface area contributed by atoms with Crippen LogP contribution in [0, 0.1) is 0 Å². The quantitative estimate of drug-likeness (QED) is 0.334. The van der Waals surface area contributed by atoms with E-state index in [1.54, 1.807) is 11.3 Å². The highest BCUT2D eigenvalue weighted by atomic mass is 32.1. The standard InChI is InChI=1S/C26H24N2O3S2/c1-3-15-12-13-22(32-15)20-14-18(16-8-4-6-10-19(16)27-20)24(29)28-25-23(26(30)31-2)17-9-5-7-11-21(17)33-25/h4,6,8,10,12-14H,3,5,7,9,11H2,1-2H3,(H,28,29). The lowest BCUT2D eigenvalue weighted by molar-refractivity contribution is 0.0601. The molecule has 168 valence electrons. The van der Waals surface area contributed by atoms with Crippen LogP contribution in [0.5, 0.6) is 0 Å². The summed E-state index contributed by atoms with van der Waals surface area (Å²) in [4.78, 5) is 34.5. The topological polar surface area (TPSA) is 68.3 Å². The summed E-state index contributed by atoms with van der Waals surface area (Å²) < 4.78 is 5.06. The van der Waals surface area contributed by atoms with E-state index in [2.05, 4.69) is 24.4 Å². The molecule has 0 saturated heterocycles. The molecule has 1 aliphatic rings. The number of amides is 1. The van der Waals surface area contributed by atoms with Gasteiger partial charge in [0.1, 0.15) is 5.00 Å². The number of rotatable bonds is 5. The van der Waals surface area contributed by atoms with Gasteiger partial charge in [-0.2, -0.15) is 0 Å². The Hall–Kier alpha value is -3.03. The molecule has 5 rings (SSSR count). The highest BCUT2D eigenvalue weighted by Gasteiger charge is 2.27. The van der Waals surface area contributed by atoms with E-state index in [9.17, 15) is 9.59 Å². The zero-order chi connectivity index (χ0) is 22.9. The molecule has 0 bridgehead atoms. The number of para-hydroxylation sites is 1. The van der Waals surface area contributed by atoms with Crippen molar-refractivity contribution in [2.45, 2.75) is 39.0 Å². The fourth-order valence-corrected chi connectivity index (χ4v) is 6.52. The zero-order valence-corrected chi connectivity index (χ0v) is 20.2. The van der Waals surface area contributed by atoms with Gasteiger partial charge in [0, 0.05) is 15.1 Å². The summed E-state index contributed by atoms with van der Waals surface area (Å²) in [7, 11) is 1.38. The molecule has 33 heavy (non-hydrogen) atoms. The minimum Gasteiger partial charge on any atom is -0.465 e. The molecular weight excluding hydrogens is 452 g/mol. The Balaban J connectivity index is 1.58. The maximum atomic E-state index is 13.6. The Labute approximate surface area is 200 Å². The van der Waals surface area contributed by atoms with Crippen molar-refractivity contribution in [3.05, 3.63) is 68.9 Å². The molecule has 3 aromatic heterocycles. The van der Waals surface area contributed by atoms with E-state index >= 15 is 0 Å². The van der Waals surface area contributed by atoms with Crippen molar-refractivity contribution in [3.63, 3.8) is 0 Å². The summed E-state index contributed by atoms with van der Waals surface area (Å²) in [6.07, 6.45) is 4.87. The Bertz CT molecular complexity index is 1370. The number of methoxy groups -OCH3 is 1. The van der Waals surface area contributed by atoms with Crippen LogP contribution in [0.1, 0.15) is 55.8 Å². The summed E-state index contributed by atoms with van der Waals surface area (Å²) in [6.45, 7) is 2.13. The smallest absolute Gasteiger partial charge is 0.341 e. The number of aryl methyl sites for hydroxylation is 2. The average Bonchev–Trinajstić information content (AvgIpc) is 3.47. The average molecular weight is 477 g/mol. The Morgan fingerprint density at radius 2 is 1.91 bits per heavy atom. The first-order valence-electron chi connectivity index (χ1n) is 11.1. The molecule has 0 atom stereocenters. The maximum Gasteiger partial charge on any atom is 0.341 e. The van der Waals surface area contributed by atoms with E-state index in [-0.39, 0.29) is 5.91 Å². The monoisotopic (exact) mass is 476 g/mol. The largest absolute Gasteiger partial charge is 0.465 e. The second-order valence-corrected chi connectivity index (χ2v) is 10.3. The molecule has 1 aliphatic carbocycles. The number of fused-ring (bicyclic) bond motifs is 2. The van der Waals surface area contributed by atoms with Crippen LogP contribution in [-0.4, -0.2) is 24.0 Å². The lowest BCUT2D eigenvalue weighted by Gasteiger charge is -2.12. The summed E-state index contributed by atoms with van der Waals surface area (Å²) in [5.74, 6) is -0.637. The number of thiophene rings is 2. The van der Waals surface area contributed by atoms with Gasteiger partial charge in [0.2, 0.25) is 0 Å². The number of anilines is 1. The van der Waals surface area contributed by atoms with E-state index in [0.29, 0.717) is 16.1 Å². The Kier molecular flexibility index (Phi) is 6.00. The third kappa shape index (κ3) is 4.07. The molecule has 1 aromatic carbocycles. The third-order valence-electron chi connectivity index (χ3n) is 6.01. The molecule has 0 radical (unpaired) electrons. The summed E-state index contributed by atoms with van der Waals surface area (Å²) >= 11 is 3.19. The Morgan fingerprint density at radius 3 is 2.70 bits per heavy atom. The number of esters is 1. The van der Waals surface area contributed by atoms with Crippen LogP contribution < -0.4 is 5.32 Å². The van der Waals surface area contributed by atoms with Gasteiger partial charge in [-0.1, -0.05) is 25.1 Å². The first kappa shape index (κ1) is 21.8. The third-order valence-corrected chi connectivity index (χ3v) is 8.47. The Morgan fingerprint density at radius 1 is 1.09 bits per heavy atom. The van der Waals surface area contributed by atoms with Gasteiger partial charge in [-0.05, 0) is 61.9 Å². The van der Waals surface area contributed by atoms with Crippen molar-refractivity contribution in [1.29, 1.82) is 0 Å². The molecule has 4 aromatic rings. The molecule has 5 nitrogen and oxygen atoms in total. The van der Waals surface area contributed by atoms with Gasteiger partial charge in [-0.15, -0.1) is 22.7 Å². The second-order valence-electron chi connectivity index (χ2n) is 8.05. The normalized spacial score (nSPS) is 13.0. The van der Waals surface area contributed by atoms with Crippen molar-refractivity contribution >= 4 is 50.5 Å². The van der Waals surface area contributed by atoms with Crippen LogP contribution in [-0.2, 0) is 24.0 Å². The predicted octanol–water partition coefficient (Wildman–Crippen LogP) is 6.50. The van der Waals surface area contributed by atoms with Gasteiger partial charge in [-0.25, -0.2) is 9.78 Å². The number of benzene rings is 1. The minimum atomic E-state index is -0.393. The van der Waals surface area contributed by atoms with Gasteiger partial charge in [-0.3, -0.25) is 4.79 Å². The van der Waals surface area contributed by atoms with Crippen molar-refractivity contribution in [3.8, 4) is 10.6 Å². The van der Waals surface area contributed by atoms with E-state index < -0.39 is 5.97 Å². The molecule has 0 spiro atoms. The molecule has 0 saturated carbocycles. The van der Waals surface area contributed by atoms with Crippen molar-refractivity contribution < 1.29 is 14.3 Å². The molecule has 3 heterocycles. The van der Waals surface area contributed by atoms with Crippen molar-refractivity contribution in [2.24, 2.45) is 0 Å². The number of ether oxygens (including phenoxy) is 1. The number of aromatic nitrogens is 1. The van der Waals surface area contributed by atoms with Gasteiger partial charge in [0.15, 0.2) is 0 Å². The van der Waals surface area contributed by atoms with Gasteiger partial charge in [0.25, 0.3) is 5.91 Å². The van der Waals surface area contributed by atoms with Crippen LogP contribution >= 0.6 is 22.7 Å². The molecule has 1 N–H and O–H groups in total. The van der Waals surface area contributed by atoms with E-state index in [4.69, 9.17) is 9.72 Å². The van der Waals surface area contributed by atoms with Gasteiger partial charge >= 0.3 is 5.97 Å². The number of nitrogens with one attached hydrogen (secondary N) is 1. The van der Waals surface area contributed by atoms with Crippen LogP contribution in [0.4, 0.5) is 5.00 Å². The fraction of sp³-hybridized carbons (Fsp3) is 0.269. The van der Waals surface area contributed by atoms with Gasteiger partial charge < -0.3 is 10.1 Å². The maximum absolute atomic E-state index is 13.6. The van der Waals surface area contributed by atoms with E-state index in [1.165, 1.54) is 28.2 Å². The van der Waals surface area contributed by atoms with E-state index in [0.717, 1.165) is 59.1 Å². The summed E-state index contributed by atoms with van der Waals surface area (Å²) in [6, 6.07) is 13.7. The first-order chi connectivity index (χ1) is 16.1. The predicted molar refractivity (Wildman–Crippen MR) is 135 cm³/mol. The van der Waals surface area contributed by atoms with Gasteiger partial charge in [0.05, 0.1) is 34.3 Å². The van der Waals surface area contributed by atoms with Crippen molar-refractivity contribution in [1.82, 2.24) is 4.98 Å². The summed E-state index contributed by atoms with van der Waals surface area (Å²) in [5.41, 5.74) is 3.63.